The molecule has 0 bridgehead atoms. The summed E-state index contributed by atoms with van der Waals surface area (Å²) in [5.41, 5.74) is 10.7. The topological polar surface area (TPSA) is 68.2 Å². The molecule has 2 heterocycles. The predicted molar refractivity (Wildman–Crippen MR) is 100 cm³/mol. The number of benzene rings is 2. The van der Waals surface area contributed by atoms with Gasteiger partial charge in [0.1, 0.15) is 0 Å². The summed E-state index contributed by atoms with van der Waals surface area (Å²) in [5.74, 6) is 1.10. The van der Waals surface area contributed by atoms with Crippen LogP contribution < -0.4 is 10.6 Å². The van der Waals surface area contributed by atoms with Gasteiger partial charge in [-0.1, -0.05) is 11.2 Å². The Morgan fingerprint density at radius 3 is 2.52 bits per heavy atom. The van der Waals surface area contributed by atoms with Crippen LogP contribution >= 0.6 is 0 Å². The van der Waals surface area contributed by atoms with Crippen LogP contribution in [0.15, 0.2) is 47.0 Å². The molecule has 0 unspecified atom stereocenters. The van der Waals surface area contributed by atoms with Gasteiger partial charge in [0.2, 0.25) is 5.82 Å². The van der Waals surface area contributed by atoms with Crippen molar-refractivity contribution in [2.24, 2.45) is 0 Å². The Labute approximate surface area is 147 Å². The highest BCUT2D eigenvalue weighted by Crippen LogP contribution is 2.28. The van der Waals surface area contributed by atoms with Crippen molar-refractivity contribution in [2.75, 3.05) is 23.7 Å². The highest BCUT2D eigenvalue weighted by Gasteiger charge is 2.14. The number of nitrogens with zero attached hydrogens (tertiary/aromatic N) is 3. The molecule has 1 aliphatic heterocycles. The molecular formula is C20H22N4O. The summed E-state index contributed by atoms with van der Waals surface area (Å²) < 4.78 is 5.46. The van der Waals surface area contributed by atoms with E-state index in [1.807, 2.05) is 25.1 Å². The van der Waals surface area contributed by atoms with Gasteiger partial charge in [-0.3, -0.25) is 0 Å². The van der Waals surface area contributed by atoms with Gasteiger partial charge in [-0.2, -0.15) is 4.98 Å². The van der Waals surface area contributed by atoms with Gasteiger partial charge in [-0.15, -0.1) is 0 Å². The molecule has 4 rings (SSSR count). The molecule has 1 aliphatic rings. The number of piperidine rings is 1. The quantitative estimate of drug-likeness (QED) is 0.724. The minimum absolute atomic E-state index is 0.500. The number of aromatic nitrogens is 2. The van der Waals surface area contributed by atoms with Crippen molar-refractivity contribution in [3.63, 3.8) is 0 Å². The lowest BCUT2D eigenvalue weighted by Gasteiger charge is -2.28. The highest BCUT2D eigenvalue weighted by atomic mass is 16.5. The van der Waals surface area contributed by atoms with Crippen molar-refractivity contribution in [1.82, 2.24) is 10.1 Å². The van der Waals surface area contributed by atoms with Crippen molar-refractivity contribution in [1.29, 1.82) is 0 Å². The Morgan fingerprint density at radius 1 is 1.00 bits per heavy atom. The summed E-state index contributed by atoms with van der Waals surface area (Å²) in [5, 5.41) is 4.14. The fourth-order valence-electron chi connectivity index (χ4n) is 3.29. The maximum atomic E-state index is 5.88. The molecule has 1 fully saturated rings. The van der Waals surface area contributed by atoms with Crippen LogP contribution in [0.3, 0.4) is 0 Å². The Balaban J connectivity index is 1.58. The minimum Gasteiger partial charge on any atom is -0.399 e. The Morgan fingerprint density at radius 2 is 1.76 bits per heavy atom. The van der Waals surface area contributed by atoms with Crippen LogP contribution in [0.25, 0.3) is 22.8 Å². The van der Waals surface area contributed by atoms with E-state index in [-0.39, 0.29) is 0 Å². The van der Waals surface area contributed by atoms with E-state index in [4.69, 9.17) is 10.3 Å². The second-order valence-electron chi connectivity index (χ2n) is 6.59. The molecule has 0 radical (unpaired) electrons. The third-order valence-corrected chi connectivity index (χ3v) is 4.76. The first kappa shape index (κ1) is 15.7. The van der Waals surface area contributed by atoms with Crippen molar-refractivity contribution < 1.29 is 4.52 Å². The van der Waals surface area contributed by atoms with Crippen LogP contribution in [-0.2, 0) is 0 Å². The zero-order valence-corrected chi connectivity index (χ0v) is 14.4. The van der Waals surface area contributed by atoms with Crippen LogP contribution in [0.5, 0.6) is 0 Å². The third kappa shape index (κ3) is 3.22. The van der Waals surface area contributed by atoms with Crippen LogP contribution in [0.2, 0.25) is 0 Å². The van der Waals surface area contributed by atoms with E-state index < -0.39 is 0 Å². The van der Waals surface area contributed by atoms with E-state index in [9.17, 15) is 0 Å². The number of hydrogen-bond acceptors (Lipinski definition) is 5. The minimum atomic E-state index is 0.500. The summed E-state index contributed by atoms with van der Waals surface area (Å²) in [7, 11) is 0. The number of aryl methyl sites for hydroxylation is 1. The Kier molecular flexibility index (Phi) is 4.14. The van der Waals surface area contributed by atoms with Crippen molar-refractivity contribution in [3.8, 4) is 22.8 Å². The first-order valence-electron chi connectivity index (χ1n) is 8.76. The molecular weight excluding hydrogens is 312 g/mol. The monoisotopic (exact) mass is 334 g/mol. The summed E-state index contributed by atoms with van der Waals surface area (Å²) in [6.07, 6.45) is 3.88. The second kappa shape index (κ2) is 6.59. The molecule has 0 spiro atoms. The maximum absolute atomic E-state index is 5.88. The molecule has 2 aromatic carbocycles. The molecule has 3 aromatic rings. The number of nitrogens with two attached hydrogens (primary N) is 1. The average molecular weight is 334 g/mol. The fraction of sp³-hybridized carbons (Fsp3) is 0.300. The number of nitrogen functional groups attached to an aromatic ring is 1. The molecule has 5 nitrogen and oxygen atoms in total. The predicted octanol–water partition coefficient (Wildman–Crippen LogP) is 4.28. The molecule has 1 aromatic heterocycles. The summed E-state index contributed by atoms with van der Waals surface area (Å²) in [6, 6.07) is 14.1. The fourth-order valence-corrected chi connectivity index (χ4v) is 3.29. The highest BCUT2D eigenvalue weighted by molar-refractivity contribution is 5.67. The molecule has 0 amide bonds. The van der Waals surface area contributed by atoms with Gasteiger partial charge in [0.25, 0.3) is 5.89 Å². The first-order chi connectivity index (χ1) is 12.2. The largest absolute Gasteiger partial charge is 0.399 e. The SMILES string of the molecule is Cc1ccc(N)cc1-c1nc(-c2ccc(N3CCCCC3)cc2)no1. The lowest BCUT2D eigenvalue weighted by Crippen LogP contribution is -2.29. The lowest BCUT2D eigenvalue weighted by molar-refractivity contribution is 0.432. The van der Waals surface area contributed by atoms with Crippen LogP contribution in [0.1, 0.15) is 24.8 Å². The Hall–Kier alpha value is -2.82. The Bertz CT molecular complexity index is 864. The van der Waals surface area contributed by atoms with E-state index in [0.717, 1.165) is 29.8 Å². The normalized spacial score (nSPS) is 14.7. The standard InChI is InChI=1S/C20H22N4O/c1-14-5-8-16(21)13-18(14)20-22-19(23-25-20)15-6-9-17(10-7-15)24-11-3-2-4-12-24/h5-10,13H,2-4,11-12,21H2,1H3. The van der Waals surface area contributed by atoms with Crippen molar-refractivity contribution in [3.05, 3.63) is 48.0 Å². The lowest BCUT2D eigenvalue weighted by atomic mass is 10.1. The van der Waals surface area contributed by atoms with Gasteiger partial charge in [0.05, 0.1) is 0 Å². The third-order valence-electron chi connectivity index (χ3n) is 4.76. The molecule has 0 aliphatic carbocycles. The van der Waals surface area contributed by atoms with Gasteiger partial charge in [0.15, 0.2) is 0 Å². The van der Waals surface area contributed by atoms with Crippen LogP contribution in [0.4, 0.5) is 11.4 Å². The molecule has 0 saturated carbocycles. The van der Waals surface area contributed by atoms with Crippen LogP contribution in [-0.4, -0.2) is 23.2 Å². The molecule has 5 heteroatoms. The maximum Gasteiger partial charge on any atom is 0.258 e. The van der Waals surface area contributed by atoms with Gasteiger partial charge in [-0.05, 0) is 68.1 Å². The zero-order chi connectivity index (χ0) is 17.2. The van der Waals surface area contributed by atoms with E-state index in [1.165, 1.54) is 24.9 Å². The van der Waals surface area contributed by atoms with Crippen molar-refractivity contribution in [2.45, 2.75) is 26.2 Å². The number of anilines is 2. The zero-order valence-electron chi connectivity index (χ0n) is 14.4. The number of rotatable bonds is 3. The molecule has 0 atom stereocenters. The summed E-state index contributed by atoms with van der Waals surface area (Å²) >= 11 is 0. The van der Waals surface area contributed by atoms with E-state index in [0.29, 0.717) is 17.4 Å². The van der Waals surface area contributed by atoms with Crippen molar-refractivity contribution >= 4 is 11.4 Å². The molecule has 1 saturated heterocycles. The van der Waals surface area contributed by atoms with Gasteiger partial charge < -0.3 is 15.2 Å². The second-order valence-corrected chi connectivity index (χ2v) is 6.59. The average Bonchev–Trinajstić information content (AvgIpc) is 3.14. The van der Waals surface area contributed by atoms with Gasteiger partial charge in [0, 0.05) is 35.6 Å². The van der Waals surface area contributed by atoms with E-state index in [2.05, 4.69) is 39.3 Å². The smallest absolute Gasteiger partial charge is 0.258 e. The van der Waals surface area contributed by atoms with Crippen LogP contribution in [0, 0.1) is 6.92 Å². The van der Waals surface area contributed by atoms with E-state index in [1.54, 1.807) is 0 Å². The van der Waals surface area contributed by atoms with Gasteiger partial charge in [-0.25, -0.2) is 0 Å². The van der Waals surface area contributed by atoms with E-state index >= 15 is 0 Å². The number of hydrogen-bond donors (Lipinski definition) is 1. The molecule has 25 heavy (non-hydrogen) atoms. The summed E-state index contributed by atoms with van der Waals surface area (Å²) in [6.45, 7) is 4.28. The summed E-state index contributed by atoms with van der Waals surface area (Å²) in [4.78, 5) is 6.98. The van der Waals surface area contributed by atoms with Gasteiger partial charge >= 0.3 is 0 Å². The first-order valence-corrected chi connectivity index (χ1v) is 8.76. The molecule has 2 N–H and O–H groups in total. The molecule has 128 valence electrons.